The number of nitro benzene ring substituents is 1. The lowest BCUT2D eigenvalue weighted by Gasteiger charge is -2.14. The lowest BCUT2D eigenvalue weighted by Crippen LogP contribution is -2.46. The number of aliphatic carboxylic acids is 1. The van der Waals surface area contributed by atoms with Gasteiger partial charge in [0, 0.05) is 24.7 Å². The topological polar surface area (TPSA) is 142 Å². The Bertz CT molecular complexity index is 533. The fourth-order valence-electron chi connectivity index (χ4n) is 1.61. The summed E-state index contributed by atoms with van der Waals surface area (Å²) in [6, 6.07) is 3.88. The number of amides is 2. The van der Waals surface area contributed by atoms with Crippen LogP contribution in [0.3, 0.4) is 0 Å². The zero-order chi connectivity index (χ0) is 15.8. The number of carbonyl (C=O) groups is 2. The summed E-state index contributed by atoms with van der Waals surface area (Å²) in [7, 11) is 0. The second kappa shape index (κ2) is 7.80. The minimum absolute atomic E-state index is 0.117. The summed E-state index contributed by atoms with van der Waals surface area (Å²) in [6.07, 6.45) is -0.131. The normalized spacial score (nSPS) is 11.5. The van der Waals surface area contributed by atoms with Crippen molar-refractivity contribution in [2.24, 2.45) is 0 Å². The number of nitrogens with one attached hydrogen (secondary N) is 2. The maximum Gasteiger partial charge on any atom is 0.326 e. The molecule has 9 heteroatoms. The number of aliphatic hydroxyl groups is 1. The van der Waals surface area contributed by atoms with E-state index >= 15 is 0 Å². The molecule has 1 rings (SSSR count). The van der Waals surface area contributed by atoms with Crippen molar-refractivity contribution in [3.63, 3.8) is 0 Å². The second-order valence-corrected chi connectivity index (χ2v) is 4.12. The Hall–Kier alpha value is -2.68. The van der Waals surface area contributed by atoms with Gasteiger partial charge in [-0.2, -0.15) is 0 Å². The number of carboxylic acid groups (broad SMARTS) is 1. The predicted octanol–water partition coefficient (Wildman–Crippen LogP) is 0.230. The summed E-state index contributed by atoms with van der Waals surface area (Å²) in [6.45, 7) is -0.504. The van der Waals surface area contributed by atoms with Gasteiger partial charge in [0.2, 0.25) is 0 Å². The highest BCUT2D eigenvalue weighted by Crippen LogP contribution is 2.16. The lowest BCUT2D eigenvalue weighted by atomic mass is 10.2. The summed E-state index contributed by atoms with van der Waals surface area (Å²) in [5, 5.41) is 32.8. The minimum Gasteiger partial charge on any atom is -0.480 e. The lowest BCUT2D eigenvalue weighted by molar-refractivity contribution is -0.385. The fourth-order valence-corrected chi connectivity index (χ4v) is 1.61. The van der Waals surface area contributed by atoms with Crippen molar-refractivity contribution in [3.8, 4) is 0 Å². The minimum atomic E-state index is -1.27. The van der Waals surface area contributed by atoms with Crippen molar-refractivity contribution in [2.75, 3.05) is 6.61 Å². The van der Waals surface area contributed by atoms with Gasteiger partial charge in [-0.25, -0.2) is 9.59 Å². The van der Waals surface area contributed by atoms with Gasteiger partial charge in [0.05, 0.1) is 11.5 Å². The van der Waals surface area contributed by atoms with E-state index in [1.54, 1.807) is 6.07 Å². The first-order valence-electron chi connectivity index (χ1n) is 6.06. The number of nitro groups is 1. The Morgan fingerprint density at radius 3 is 2.57 bits per heavy atom. The predicted molar refractivity (Wildman–Crippen MR) is 71.6 cm³/mol. The molecule has 0 spiro atoms. The molecule has 2 amide bonds. The summed E-state index contributed by atoms with van der Waals surface area (Å²) in [5.74, 6) is -1.27. The standard InChI is InChI=1S/C12H15N3O6/c16-6-5-9(11(17)18)14-12(19)13-7-8-3-1-2-4-10(8)15(20)21/h1-4,9,16H,5-7H2,(H,17,18)(H2,13,14,19). The van der Waals surface area contributed by atoms with Crippen molar-refractivity contribution in [3.05, 3.63) is 39.9 Å². The van der Waals surface area contributed by atoms with Crippen LogP contribution in [0.1, 0.15) is 12.0 Å². The van der Waals surface area contributed by atoms with E-state index in [1.807, 2.05) is 0 Å². The first-order valence-corrected chi connectivity index (χ1v) is 6.06. The van der Waals surface area contributed by atoms with Gasteiger partial charge in [-0.05, 0) is 0 Å². The molecule has 0 aliphatic heterocycles. The van der Waals surface area contributed by atoms with E-state index < -0.39 is 23.0 Å². The average Bonchev–Trinajstić information content (AvgIpc) is 2.44. The Kier molecular flexibility index (Phi) is 6.08. The van der Waals surface area contributed by atoms with Crippen LogP contribution in [0.2, 0.25) is 0 Å². The molecule has 4 N–H and O–H groups in total. The maximum atomic E-state index is 11.6. The molecule has 9 nitrogen and oxygen atoms in total. The number of nitrogens with zero attached hydrogens (tertiary/aromatic N) is 1. The van der Waals surface area contributed by atoms with E-state index in [1.165, 1.54) is 18.2 Å². The van der Waals surface area contributed by atoms with Crippen LogP contribution in [0.4, 0.5) is 10.5 Å². The number of carboxylic acids is 1. The van der Waals surface area contributed by atoms with Crippen LogP contribution in [-0.2, 0) is 11.3 Å². The van der Waals surface area contributed by atoms with E-state index in [-0.39, 0.29) is 25.3 Å². The van der Waals surface area contributed by atoms with Gasteiger partial charge < -0.3 is 20.8 Å². The molecule has 1 aromatic carbocycles. The van der Waals surface area contributed by atoms with E-state index in [2.05, 4.69) is 10.6 Å². The van der Waals surface area contributed by atoms with Crippen molar-refractivity contribution in [1.82, 2.24) is 10.6 Å². The molecule has 0 radical (unpaired) electrons. The summed E-state index contributed by atoms with van der Waals surface area (Å²) in [4.78, 5) is 32.6. The van der Waals surface area contributed by atoms with Gasteiger partial charge in [0.15, 0.2) is 0 Å². The van der Waals surface area contributed by atoms with E-state index in [9.17, 15) is 19.7 Å². The third-order valence-corrected chi connectivity index (χ3v) is 2.65. The van der Waals surface area contributed by atoms with Crippen LogP contribution in [-0.4, -0.2) is 39.8 Å². The van der Waals surface area contributed by atoms with Gasteiger partial charge in [-0.15, -0.1) is 0 Å². The molecule has 21 heavy (non-hydrogen) atoms. The molecule has 1 atom stereocenters. The largest absolute Gasteiger partial charge is 0.480 e. The maximum absolute atomic E-state index is 11.6. The van der Waals surface area contributed by atoms with Crippen LogP contribution < -0.4 is 10.6 Å². The zero-order valence-electron chi connectivity index (χ0n) is 11.0. The van der Waals surface area contributed by atoms with Gasteiger partial charge in [0.25, 0.3) is 5.69 Å². The highest BCUT2D eigenvalue weighted by molar-refractivity contribution is 5.82. The molecule has 1 unspecified atom stereocenters. The summed E-state index contributed by atoms with van der Waals surface area (Å²) in [5.41, 5.74) is 0.162. The second-order valence-electron chi connectivity index (χ2n) is 4.12. The zero-order valence-corrected chi connectivity index (χ0v) is 11.0. The number of para-hydroxylation sites is 1. The van der Waals surface area contributed by atoms with Crippen molar-refractivity contribution >= 4 is 17.7 Å². The van der Waals surface area contributed by atoms with E-state index in [0.29, 0.717) is 5.56 Å². The van der Waals surface area contributed by atoms with Crippen LogP contribution in [0.5, 0.6) is 0 Å². The SMILES string of the molecule is O=C(NCc1ccccc1[N+](=O)[O-])NC(CCO)C(=O)O. The number of benzene rings is 1. The fraction of sp³-hybridized carbons (Fsp3) is 0.333. The Balaban J connectivity index is 2.61. The highest BCUT2D eigenvalue weighted by Gasteiger charge is 2.19. The van der Waals surface area contributed by atoms with Gasteiger partial charge in [0.1, 0.15) is 6.04 Å². The van der Waals surface area contributed by atoms with Crippen molar-refractivity contribution in [1.29, 1.82) is 0 Å². The number of urea groups is 1. The quantitative estimate of drug-likeness (QED) is 0.419. The molecule has 0 aliphatic rings. The van der Waals surface area contributed by atoms with E-state index in [4.69, 9.17) is 10.2 Å². The third kappa shape index (κ3) is 5.07. The van der Waals surface area contributed by atoms with Crippen molar-refractivity contribution < 1.29 is 24.7 Å². The van der Waals surface area contributed by atoms with Gasteiger partial charge in [-0.3, -0.25) is 10.1 Å². The number of carbonyl (C=O) groups excluding carboxylic acids is 1. The monoisotopic (exact) mass is 297 g/mol. The molecular formula is C12H15N3O6. The Morgan fingerprint density at radius 2 is 2.00 bits per heavy atom. The third-order valence-electron chi connectivity index (χ3n) is 2.65. The van der Waals surface area contributed by atoms with Gasteiger partial charge in [-0.1, -0.05) is 18.2 Å². The Labute approximate surface area is 119 Å². The molecule has 0 saturated heterocycles. The first kappa shape index (κ1) is 16.4. The first-order chi connectivity index (χ1) is 9.95. The summed E-state index contributed by atoms with van der Waals surface area (Å²) < 4.78 is 0. The van der Waals surface area contributed by atoms with Crippen molar-refractivity contribution in [2.45, 2.75) is 19.0 Å². The molecule has 1 aromatic rings. The van der Waals surface area contributed by atoms with Crippen LogP contribution in [0, 0.1) is 10.1 Å². The number of hydrogen-bond acceptors (Lipinski definition) is 5. The van der Waals surface area contributed by atoms with Crippen LogP contribution >= 0.6 is 0 Å². The number of rotatable bonds is 7. The Morgan fingerprint density at radius 1 is 1.33 bits per heavy atom. The molecule has 0 aliphatic carbocycles. The molecule has 0 saturated carbocycles. The number of aliphatic hydroxyl groups excluding tert-OH is 1. The molecule has 0 fully saturated rings. The average molecular weight is 297 g/mol. The molecule has 0 heterocycles. The molecular weight excluding hydrogens is 282 g/mol. The van der Waals surface area contributed by atoms with Gasteiger partial charge >= 0.3 is 12.0 Å². The van der Waals surface area contributed by atoms with Crippen LogP contribution in [0.15, 0.2) is 24.3 Å². The highest BCUT2D eigenvalue weighted by atomic mass is 16.6. The summed E-state index contributed by atoms with van der Waals surface area (Å²) >= 11 is 0. The molecule has 0 aromatic heterocycles. The van der Waals surface area contributed by atoms with Crippen LogP contribution in [0.25, 0.3) is 0 Å². The van der Waals surface area contributed by atoms with E-state index in [0.717, 1.165) is 0 Å². The number of hydrogen-bond donors (Lipinski definition) is 4. The smallest absolute Gasteiger partial charge is 0.326 e. The molecule has 0 bridgehead atoms. The molecule has 114 valence electrons.